The van der Waals surface area contributed by atoms with Crippen LogP contribution in [0.2, 0.25) is 0 Å². The van der Waals surface area contributed by atoms with Gasteiger partial charge < -0.3 is 14.9 Å². The first-order chi connectivity index (χ1) is 6.83. The van der Waals surface area contributed by atoms with Gasteiger partial charge in [-0.1, -0.05) is 25.7 Å². The second-order valence-electron chi connectivity index (χ2n) is 4.70. The molecule has 0 amide bonds. The van der Waals surface area contributed by atoms with Crippen molar-refractivity contribution in [3.8, 4) is 0 Å². The number of aliphatic hydroxyl groups excluding tert-OH is 2. The van der Waals surface area contributed by atoms with E-state index in [-0.39, 0.29) is 25.4 Å². The number of ether oxygens (including phenoxy) is 1. The summed E-state index contributed by atoms with van der Waals surface area (Å²) in [5, 5.41) is 16.5. The van der Waals surface area contributed by atoms with Crippen molar-refractivity contribution in [3.63, 3.8) is 0 Å². The molecule has 3 rings (SSSR count). The summed E-state index contributed by atoms with van der Waals surface area (Å²) in [4.78, 5) is 0. The van der Waals surface area contributed by atoms with E-state index in [1.807, 2.05) is 0 Å². The van der Waals surface area contributed by atoms with E-state index in [4.69, 9.17) is 14.9 Å². The summed E-state index contributed by atoms with van der Waals surface area (Å²) in [6.45, 7) is 0.0659. The Bertz CT molecular complexity index is 157. The number of hydrogen-bond acceptors (Lipinski definition) is 3. The molecule has 0 aromatic rings. The van der Waals surface area contributed by atoms with Gasteiger partial charge in [-0.2, -0.15) is 0 Å². The number of epoxide rings is 1. The van der Waals surface area contributed by atoms with Crippen LogP contribution in [0.25, 0.3) is 0 Å². The average Bonchev–Trinajstić information content (AvgIpc) is 2.65. The van der Waals surface area contributed by atoms with Crippen LogP contribution < -0.4 is 0 Å². The van der Waals surface area contributed by atoms with Crippen LogP contribution in [0.3, 0.4) is 0 Å². The third kappa shape index (κ3) is 2.47. The molecule has 0 radical (unpaired) electrons. The van der Waals surface area contributed by atoms with Crippen molar-refractivity contribution >= 4 is 0 Å². The largest absolute Gasteiger partial charge is 0.394 e. The van der Waals surface area contributed by atoms with Gasteiger partial charge in [0.2, 0.25) is 0 Å². The molecule has 0 aromatic heterocycles. The lowest BCUT2D eigenvalue weighted by Crippen LogP contribution is -2.02. The van der Waals surface area contributed by atoms with Crippen LogP contribution in [0.15, 0.2) is 0 Å². The van der Waals surface area contributed by atoms with Gasteiger partial charge in [0.15, 0.2) is 0 Å². The summed E-state index contributed by atoms with van der Waals surface area (Å²) in [5.74, 6) is 2.34. The van der Waals surface area contributed by atoms with Crippen molar-refractivity contribution < 1.29 is 14.9 Å². The maximum absolute atomic E-state index is 8.27. The molecule has 82 valence electrons. The van der Waals surface area contributed by atoms with Gasteiger partial charge in [0.1, 0.15) is 12.2 Å². The average molecular weight is 200 g/mol. The van der Waals surface area contributed by atoms with Crippen LogP contribution in [0, 0.1) is 11.8 Å². The van der Waals surface area contributed by atoms with Gasteiger partial charge in [0.25, 0.3) is 0 Å². The SMILES string of the molecule is C1CC2CCC1C2.OCC1OC1CO. The highest BCUT2D eigenvalue weighted by Gasteiger charge is 2.36. The molecule has 2 atom stereocenters. The fourth-order valence-electron chi connectivity index (χ4n) is 2.67. The Kier molecular flexibility index (Phi) is 3.42. The number of hydrogen-bond donors (Lipinski definition) is 2. The smallest absolute Gasteiger partial charge is 0.110 e. The molecule has 0 spiro atoms. The van der Waals surface area contributed by atoms with Gasteiger partial charge in [-0.3, -0.25) is 0 Å². The summed E-state index contributed by atoms with van der Waals surface area (Å²) in [5.41, 5.74) is 0. The zero-order chi connectivity index (χ0) is 9.97. The van der Waals surface area contributed by atoms with E-state index in [2.05, 4.69) is 0 Å². The van der Waals surface area contributed by atoms with Gasteiger partial charge >= 0.3 is 0 Å². The fraction of sp³-hybridized carbons (Fsp3) is 1.00. The molecule has 1 heterocycles. The first kappa shape index (κ1) is 10.4. The molecular formula is C11H20O3. The lowest BCUT2D eigenvalue weighted by molar-refractivity contribution is 0.227. The number of fused-ring (bicyclic) bond motifs is 2. The van der Waals surface area contributed by atoms with Gasteiger partial charge in [0, 0.05) is 0 Å². The monoisotopic (exact) mass is 200 g/mol. The predicted octanol–water partition coefficient (Wildman–Crippen LogP) is 0.935. The van der Waals surface area contributed by atoms with E-state index in [1.54, 1.807) is 32.1 Å². The Morgan fingerprint density at radius 1 is 0.857 bits per heavy atom. The topological polar surface area (TPSA) is 53.0 Å². The van der Waals surface area contributed by atoms with Crippen molar-refractivity contribution in [1.82, 2.24) is 0 Å². The van der Waals surface area contributed by atoms with Crippen molar-refractivity contribution in [2.75, 3.05) is 13.2 Å². The predicted molar refractivity (Wildman–Crippen MR) is 52.9 cm³/mol. The molecule has 2 saturated carbocycles. The van der Waals surface area contributed by atoms with E-state index in [0.29, 0.717) is 0 Å². The molecule has 1 saturated heterocycles. The number of aliphatic hydroxyl groups is 2. The Morgan fingerprint density at radius 2 is 1.29 bits per heavy atom. The molecular weight excluding hydrogens is 180 g/mol. The summed E-state index contributed by atoms with van der Waals surface area (Å²) >= 11 is 0. The first-order valence-corrected chi connectivity index (χ1v) is 5.70. The molecule has 2 unspecified atom stereocenters. The normalized spacial score (nSPS) is 43.3. The highest BCUT2D eigenvalue weighted by Crippen LogP contribution is 2.43. The Hall–Kier alpha value is -0.120. The minimum absolute atomic E-state index is 0.0330. The van der Waals surface area contributed by atoms with E-state index >= 15 is 0 Å². The lowest BCUT2D eigenvalue weighted by Gasteiger charge is -2.05. The fourth-order valence-corrected chi connectivity index (χ4v) is 2.67. The van der Waals surface area contributed by atoms with Crippen molar-refractivity contribution in [1.29, 1.82) is 0 Å². The molecule has 2 aliphatic carbocycles. The van der Waals surface area contributed by atoms with Crippen LogP contribution in [0.5, 0.6) is 0 Å². The van der Waals surface area contributed by atoms with Crippen molar-refractivity contribution in [2.24, 2.45) is 11.8 Å². The minimum Gasteiger partial charge on any atom is -0.394 e. The highest BCUT2D eigenvalue weighted by atomic mass is 16.6. The molecule has 3 fully saturated rings. The van der Waals surface area contributed by atoms with E-state index in [0.717, 1.165) is 0 Å². The van der Waals surface area contributed by atoms with Gasteiger partial charge in [-0.05, 0) is 18.3 Å². The zero-order valence-corrected chi connectivity index (χ0v) is 8.56. The lowest BCUT2D eigenvalue weighted by atomic mass is 10.0. The second-order valence-corrected chi connectivity index (χ2v) is 4.70. The summed E-state index contributed by atoms with van der Waals surface area (Å²) in [6, 6.07) is 0. The summed E-state index contributed by atoms with van der Waals surface area (Å²) < 4.78 is 4.72. The van der Waals surface area contributed by atoms with Crippen LogP contribution in [0.4, 0.5) is 0 Å². The molecule has 3 heteroatoms. The zero-order valence-electron chi connectivity index (χ0n) is 8.56. The highest BCUT2D eigenvalue weighted by molar-refractivity contribution is 4.83. The molecule has 14 heavy (non-hydrogen) atoms. The summed E-state index contributed by atoms with van der Waals surface area (Å²) in [6.07, 6.45) is 7.67. The Morgan fingerprint density at radius 3 is 1.43 bits per heavy atom. The van der Waals surface area contributed by atoms with E-state index in [1.165, 1.54) is 11.8 Å². The van der Waals surface area contributed by atoms with Gasteiger partial charge in [-0.15, -0.1) is 0 Å². The van der Waals surface area contributed by atoms with Gasteiger partial charge in [-0.25, -0.2) is 0 Å². The van der Waals surface area contributed by atoms with Crippen LogP contribution in [-0.4, -0.2) is 35.6 Å². The van der Waals surface area contributed by atoms with E-state index in [9.17, 15) is 0 Å². The molecule has 2 bridgehead atoms. The molecule has 1 aliphatic heterocycles. The van der Waals surface area contributed by atoms with E-state index < -0.39 is 0 Å². The van der Waals surface area contributed by atoms with Crippen LogP contribution >= 0.6 is 0 Å². The van der Waals surface area contributed by atoms with Crippen molar-refractivity contribution in [2.45, 2.75) is 44.3 Å². The molecule has 3 aliphatic rings. The number of rotatable bonds is 2. The molecule has 2 N–H and O–H groups in total. The Labute approximate surface area is 85.1 Å². The minimum atomic E-state index is -0.0787. The Balaban J connectivity index is 0.000000107. The maximum atomic E-state index is 8.27. The first-order valence-electron chi connectivity index (χ1n) is 5.70. The van der Waals surface area contributed by atoms with Crippen LogP contribution in [0.1, 0.15) is 32.1 Å². The van der Waals surface area contributed by atoms with Crippen LogP contribution in [-0.2, 0) is 4.74 Å². The standard InChI is InChI=1S/C7H12.C4H8O3/c1-2-7-4-3-6(1)5-7;5-1-3-4(2-6)7-3/h6-7H,1-5H2;3-6H,1-2H2. The molecule has 3 nitrogen and oxygen atoms in total. The molecule has 0 aromatic carbocycles. The van der Waals surface area contributed by atoms with Gasteiger partial charge in [0.05, 0.1) is 13.2 Å². The quantitative estimate of drug-likeness (QED) is 0.652. The third-order valence-corrected chi connectivity index (χ3v) is 3.68. The maximum Gasteiger partial charge on any atom is 0.110 e. The second kappa shape index (κ2) is 4.60. The van der Waals surface area contributed by atoms with Crippen molar-refractivity contribution in [3.05, 3.63) is 0 Å². The third-order valence-electron chi connectivity index (χ3n) is 3.68. The summed E-state index contributed by atoms with van der Waals surface area (Å²) in [7, 11) is 0.